The lowest BCUT2D eigenvalue weighted by atomic mass is 9.99. The van der Waals surface area contributed by atoms with Crippen LogP contribution in [0.25, 0.3) is 0 Å². The largest absolute Gasteiger partial charge is 0.416 e. The van der Waals surface area contributed by atoms with Crippen molar-refractivity contribution in [3.8, 4) is 0 Å². The maximum Gasteiger partial charge on any atom is 0.416 e. The van der Waals surface area contributed by atoms with Crippen molar-refractivity contribution in [2.24, 2.45) is 5.92 Å². The molecule has 0 aliphatic carbocycles. The number of rotatable bonds is 5. The van der Waals surface area contributed by atoms with Gasteiger partial charge in [0.2, 0.25) is 0 Å². The number of urea groups is 1. The Morgan fingerprint density at radius 1 is 1.40 bits per heavy atom. The molecule has 0 radical (unpaired) electrons. The first-order valence-corrected chi connectivity index (χ1v) is 8.42. The number of carbonyl (C=O) groups is 1. The summed E-state index contributed by atoms with van der Waals surface area (Å²) in [5.41, 5.74) is -0.970. The number of piperidine rings is 1. The van der Waals surface area contributed by atoms with E-state index in [-0.39, 0.29) is 23.2 Å². The average molecular weight is 380 g/mol. The highest BCUT2D eigenvalue weighted by atomic mass is 35.5. The molecule has 0 aromatic heterocycles. The number of hydrogen-bond acceptors (Lipinski definition) is 3. The van der Waals surface area contributed by atoms with Crippen LogP contribution in [0.2, 0.25) is 5.02 Å². The minimum absolute atomic E-state index is 0.0324. The molecular formula is C16H21ClF3N3O2. The van der Waals surface area contributed by atoms with Gasteiger partial charge in [0.15, 0.2) is 0 Å². The van der Waals surface area contributed by atoms with E-state index in [0.717, 1.165) is 44.1 Å². The number of aliphatic hydroxyl groups excluding tert-OH is 1. The monoisotopic (exact) mass is 379 g/mol. The van der Waals surface area contributed by atoms with Crippen molar-refractivity contribution in [1.29, 1.82) is 0 Å². The molecular weight excluding hydrogens is 359 g/mol. The molecule has 1 saturated heterocycles. The van der Waals surface area contributed by atoms with E-state index in [9.17, 15) is 23.1 Å². The smallest absolute Gasteiger partial charge is 0.396 e. The molecule has 3 N–H and O–H groups in total. The number of nitrogens with one attached hydrogen (secondary N) is 2. The van der Waals surface area contributed by atoms with Crippen molar-refractivity contribution in [3.05, 3.63) is 28.8 Å². The molecule has 9 heteroatoms. The number of amides is 2. The molecule has 1 aliphatic heterocycles. The lowest BCUT2D eigenvalue weighted by molar-refractivity contribution is -0.137. The standard InChI is InChI=1S/C16H21ClF3N3O2/c17-13-4-3-12(16(18,19)20)8-14(13)22-15(25)21-5-7-23-6-1-2-11(9-23)10-24/h3-4,8,11,24H,1-2,5-7,9-10H2,(H2,21,22,25). The molecule has 0 bridgehead atoms. The third kappa shape index (κ3) is 6.05. The summed E-state index contributed by atoms with van der Waals surface area (Å²) in [4.78, 5) is 14.0. The third-order valence-corrected chi connectivity index (χ3v) is 4.45. The van der Waals surface area contributed by atoms with Gasteiger partial charge >= 0.3 is 12.2 Å². The fraction of sp³-hybridized carbons (Fsp3) is 0.562. The van der Waals surface area contributed by atoms with E-state index in [4.69, 9.17) is 11.6 Å². The molecule has 1 aromatic carbocycles. The number of likely N-dealkylation sites (tertiary alicyclic amines) is 1. The topological polar surface area (TPSA) is 64.6 Å². The van der Waals surface area contributed by atoms with E-state index in [1.54, 1.807) is 0 Å². The molecule has 0 spiro atoms. The van der Waals surface area contributed by atoms with Crippen molar-refractivity contribution in [2.75, 3.05) is 38.1 Å². The second-order valence-electron chi connectivity index (χ2n) is 6.06. The number of alkyl halides is 3. The Kier molecular flexibility index (Phi) is 6.92. The Bertz CT molecular complexity index is 598. The second-order valence-corrected chi connectivity index (χ2v) is 6.47. The Morgan fingerprint density at radius 2 is 2.16 bits per heavy atom. The lowest BCUT2D eigenvalue weighted by Gasteiger charge is -2.31. The summed E-state index contributed by atoms with van der Waals surface area (Å²) < 4.78 is 38.1. The molecule has 1 unspecified atom stereocenters. The number of benzene rings is 1. The van der Waals surface area contributed by atoms with Crippen LogP contribution in [0, 0.1) is 5.92 Å². The van der Waals surface area contributed by atoms with Gasteiger partial charge < -0.3 is 20.6 Å². The van der Waals surface area contributed by atoms with Gasteiger partial charge in [0, 0.05) is 26.2 Å². The SMILES string of the molecule is O=C(NCCN1CCCC(CO)C1)Nc1cc(C(F)(F)F)ccc1Cl. The molecule has 5 nitrogen and oxygen atoms in total. The second kappa shape index (κ2) is 8.73. The quantitative estimate of drug-likeness (QED) is 0.736. The van der Waals surface area contributed by atoms with Crippen molar-refractivity contribution in [3.63, 3.8) is 0 Å². The highest BCUT2D eigenvalue weighted by Gasteiger charge is 2.31. The molecule has 0 saturated carbocycles. The molecule has 140 valence electrons. The van der Waals surface area contributed by atoms with Gasteiger partial charge in [0.1, 0.15) is 0 Å². The molecule has 25 heavy (non-hydrogen) atoms. The molecule has 1 aliphatic rings. The van der Waals surface area contributed by atoms with Crippen LogP contribution < -0.4 is 10.6 Å². The van der Waals surface area contributed by atoms with Gasteiger partial charge in [-0.2, -0.15) is 13.2 Å². The summed E-state index contributed by atoms with van der Waals surface area (Å²) in [5, 5.41) is 14.2. The molecule has 1 heterocycles. The van der Waals surface area contributed by atoms with E-state index in [1.165, 1.54) is 0 Å². The van der Waals surface area contributed by atoms with E-state index in [2.05, 4.69) is 15.5 Å². The fourth-order valence-electron chi connectivity index (χ4n) is 2.79. The molecule has 1 atom stereocenters. The van der Waals surface area contributed by atoms with Crippen LogP contribution in [0.3, 0.4) is 0 Å². The third-order valence-electron chi connectivity index (χ3n) is 4.12. The molecule has 2 rings (SSSR count). The Hall–Kier alpha value is -1.51. The van der Waals surface area contributed by atoms with Gasteiger partial charge in [-0.05, 0) is 43.5 Å². The summed E-state index contributed by atoms with van der Waals surface area (Å²) in [6.45, 7) is 2.79. The Morgan fingerprint density at radius 3 is 2.84 bits per heavy atom. The number of carbonyl (C=O) groups excluding carboxylic acids is 1. The van der Waals surface area contributed by atoms with E-state index in [0.29, 0.717) is 13.1 Å². The summed E-state index contributed by atoms with van der Waals surface area (Å²) in [5.74, 6) is 0.256. The van der Waals surface area contributed by atoms with Gasteiger partial charge in [-0.15, -0.1) is 0 Å². The van der Waals surface area contributed by atoms with Crippen LogP contribution in [0.4, 0.5) is 23.7 Å². The van der Waals surface area contributed by atoms with Gasteiger partial charge in [0.05, 0.1) is 16.3 Å². The van der Waals surface area contributed by atoms with E-state index in [1.807, 2.05) is 0 Å². The van der Waals surface area contributed by atoms with Crippen molar-refractivity contribution >= 4 is 23.3 Å². The fourth-order valence-corrected chi connectivity index (χ4v) is 2.96. The van der Waals surface area contributed by atoms with Crippen LogP contribution in [-0.2, 0) is 6.18 Å². The number of hydrogen-bond donors (Lipinski definition) is 3. The number of anilines is 1. The molecule has 1 fully saturated rings. The van der Waals surface area contributed by atoms with Gasteiger partial charge in [0.25, 0.3) is 0 Å². The Balaban J connectivity index is 1.82. The van der Waals surface area contributed by atoms with Crippen LogP contribution in [0.5, 0.6) is 0 Å². The van der Waals surface area contributed by atoms with Gasteiger partial charge in [-0.25, -0.2) is 4.79 Å². The van der Waals surface area contributed by atoms with E-state index >= 15 is 0 Å². The zero-order valence-electron chi connectivity index (χ0n) is 13.6. The average Bonchev–Trinajstić information content (AvgIpc) is 2.56. The Labute approximate surface area is 149 Å². The van der Waals surface area contributed by atoms with Crippen LogP contribution >= 0.6 is 11.6 Å². The van der Waals surface area contributed by atoms with E-state index < -0.39 is 17.8 Å². The summed E-state index contributed by atoms with van der Waals surface area (Å²) in [6.07, 6.45) is -2.51. The highest BCUT2D eigenvalue weighted by Crippen LogP contribution is 2.33. The van der Waals surface area contributed by atoms with Crippen molar-refractivity contribution in [1.82, 2.24) is 10.2 Å². The summed E-state index contributed by atoms with van der Waals surface area (Å²) in [6, 6.07) is 2.15. The van der Waals surface area contributed by atoms with Crippen LogP contribution in [0.1, 0.15) is 18.4 Å². The van der Waals surface area contributed by atoms with Gasteiger partial charge in [-0.3, -0.25) is 0 Å². The minimum Gasteiger partial charge on any atom is -0.396 e. The first kappa shape index (κ1) is 19.8. The lowest BCUT2D eigenvalue weighted by Crippen LogP contribution is -2.42. The van der Waals surface area contributed by atoms with Crippen molar-refractivity contribution in [2.45, 2.75) is 19.0 Å². The number of aliphatic hydroxyl groups is 1. The highest BCUT2D eigenvalue weighted by molar-refractivity contribution is 6.33. The number of nitrogens with zero attached hydrogens (tertiary/aromatic N) is 1. The predicted octanol–water partition coefficient (Wildman–Crippen LogP) is 3.18. The first-order chi connectivity index (χ1) is 11.8. The summed E-state index contributed by atoms with van der Waals surface area (Å²) in [7, 11) is 0. The maximum absolute atomic E-state index is 12.7. The maximum atomic E-state index is 12.7. The van der Waals surface area contributed by atoms with Crippen LogP contribution in [0.15, 0.2) is 18.2 Å². The zero-order chi connectivity index (χ0) is 18.4. The van der Waals surface area contributed by atoms with Crippen molar-refractivity contribution < 1.29 is 23.1 Å². The molecule has 2 amide bonds. The zero-order valence-corrected chi connectivity index (χ0v) is 14.3. The molecule has 1 aromatic rings. The van der Waals surface area contributed by atoms with Crippen LogP contribution in [-0.4, -0.2) is 48.8 Å². The summed E-state index contributed by atoms with van der Waals surface area (Å²) >= 11 is 5.84. The minimum atomic E-state index is -4.50. The number of halogens is 4. The predicted molar refractivity (Wildman–Crippen MR) is 89.7 cm³/mol. The van der Waals surface area contributed by atoms with Gasteiger partial charge in [-0.1, -0.05) is 11.6 Å². The normalized spacial score (nSPS) is 18.8. The first-order valence-electron chi connectivity index (χ1n) is 8.04.